The number of nitrogens with one attached hydrogen (secondary N) is 1. The van der Waals surface area contributed by atoms with Crippen molar-refractivity contribution in [3.8, 4) is 5.75 Å². The van der Waals surface area contributed by atoms with Gasteiger partial charge in [-0.1, -0.05) is 37.2 Å². The molecule has 0 bridgehead atoms. The van der Waals surface area contributed by atoms with E-state index in [2.05, 4.69) is 22.4 Å². The molecule has 9 heteroatoms. The number of unbranched alkanes of at least 4 members (excludes halogenated alkanes) is 2. The quantitative estimate of drug-likeness (QED) is 0.701. The summed E-state index contributed by atoms with van der Waals surface area (Å²) in [6.07, 6.45) is -0.427. The average Bonchev–Trinajstić information content (AvgIpc) is 3.00. The maximum atomic E-state index is 12.6. The molecule has 1 aromatic carbocycles. The number of carbonyl (C=O) groups is 1. The highest BCUT2D eigenvalue weighted by Crippen LogP contribution is 2.31. The van der Waals surface area contributed by atoms with Gasteiger partial charge in [0.15, 0.2) is 6.61 Å². The lowest BCUT2D eigenvalue weighted by Crippen LogP contribution is -2.20. The molecular formula is C16H18F3N3O2S. The number of nitrogens with zero attached hydrogens (tertiary/aromatic N) is 2. The van der Waals surface area contributed by atoms with E-state index in [1.807, 2.05) is 0 Å². The minimum Gasteiger partial charge on any atom is -0.484 e. The number of aromatic nitrogens is 2. The van der Waals surface area contributed by atoms with E-state index >= 15 is 0 Å². The second-order valence-corrected chi connectivity index (χ2v) is 6.38. The molecule has 0 atom stereocenters. The Labute approximate surface area is 147 Å². The Morgan fingerprint density at radius 2 is 2.08 bits per heavy atom. The van der Waals surface area contributed by atoms with Gasteiger partial charge < -0.3 is 4.74 Å². The molecule has 0 unspecified atom stereocenters. The molecule has 0 fully saturated rings. The predicted octanol–water partition coefficient (Wildman–Crippen LogP) is 4.31. The van der Waals surface area contributed by atoms with E-state index in [4.69, 9.17) is 4.74 Å². The molecule has 1 heterocycles. The molecule has 0 saturated heterocycles. The van der Waals surface area contributed by atoms with Crippen LogP contribution >= 0.6 is 11.3 Å². The van der Waals surface area contributed by atoms with Crippen molar-refractivity contribution < 1.29 is 22.7 Å². The lowest BCUT2D eigenvalue weighted by molar-refractivity contribution is -0.137. The Bertz CT molecular complexity index is 704. The van der Waals surface area contributed by atoms with E-state index in [1.54, 1.807) is 0 Å². The van der Waals surface area contributed by atoms with Crippen molar-refractivity contribution in [3.63, 3.8) is 0 Å². The second-order valence-electron chi connectivity index (χ2n) is 5.32. The summed E-state index contributed by atoms with van der Waals surface area (Å²) < 4.78 is 43.0. The number of rotatable bonds is 8. The van der Waals surface area contributed by atoms with E-state index in [9.17, 15) is 18.0 Å². The minimum atomic E-state index is -4.46. The first-order chi connectivity index (χ1) is 11.9. The van der Waals surface area contributed by atoms with Crippen molar-refractivity contribution >= 4 is 22.4 Å². The topological polar surface area (TPSA) is 64.1 Å². The van der Waals surface area contributed by atoms with Gasteiger partial charge in [0.1, 0.15) is 10.8 Å². The third-order valence-corrected chi connectivity index (χ3v) is 4.14. The van der Waals surface area contributed by atoms with E-state index in [1.165, 1.54) is 23.5 Å². The summed E-state index contributed by atoms with van der Waals surface area (Å²) in [5, 5.41) is 11.6. The predicted molar refractivity (Wildman–Crippen MR) is 88.7 cm³/mol. The van der Waals surface area contributed by atoms with Gasteiger partial charge >= 0.3 is 6.18 Å². The van der Waals surface area contributed by atoms with Crippen LogP contribution in [0.2, 0.25) is 0 Å². The van der Waals surface area contributed by atoms with Gasteiger partial charge in [0.2, 0.25) is 5.13 Å². The normalized spacial score (nSPS) is 11.4. The number of ether oxygens (including phenoxy) is 1. The highest BCUT2D eigenvalue weighted by atomic mass is 32.1. The van der Waals surface area contributed by atoms with Crippen LogP contribution in [0.3, 0.4) is 0 Å². The standard InChI is InChI=1S/C16H18F3N3O2S/c1-2-3-4-8-14-21-22-15(25-14)20-13(23)10-24-12-7-5-6-11(9-12)16(17,18)19/h5-7,9H,2-4,8,10H2,1H3,(H,20,22,23). The number of aryl methyl sites for hydroxylation is 1. The first-order valence-electron chi connectivity index (χ1n) is 7.80. The molecule has 2 rings (SSSR count). The van der Waals surface area contributed by atoms with Crippen LogP contribution in [-0.2, 0) is 17.4 Å². The first-order valence-corrected chi connectivity index (χ1v) is 8.62. The second kappa shape index (κ2) is 8.80. The van der Waals surface area contributed by atoms with Crippen LogP contribution in [-0.4, -0.2) is 22.7 Å². The Morgan fingerprint density at radius 1 is 1.28 bits per heavy atom. The summed E-state index contributed by atoms with van der Waals surface area (Å²) in [6, 6.07) is 4.38. The number of anilines is 1. The summed E-state index contributed by atoms with van der Waals surface area (Å²) in [6.45, 7) is 1.70. The van der Waals surface area contributed by atoms with Crippen LogP contribution in [0.25, 0.3) is 0 Å². The van der Waals surface area contributed by atoms with E-state index in [0.29, 0.717) is 5.13 Å². The van der Waals surface area contributed by atoms with Crippen LogP contribution < -0.4 is 10.1 Å². The summed E-state index contributed by atoms with van der Waals surface area (Å²) in [7, 11) is 0. The van der Waals surface area contributed by atoms with Gasteiger partial charge in [-0.2, -0.15) is 13.2 Å². The SMILES string of the molecule is CCCCCc1nnc(NC(=O)COc2cccc(C(F)(F)F)c2)s1. The van der Waals surface area contributed by atoms with Gasteiger partial charge in [0.05, 0.1) is 5.56 Å². The van der Waals surface area contributed by atoms with Crippen LogP contribution in [0.1, 0.15) is 36.8 Å². The molecule has 1 amide bonds. The van der Waals surface area contributed by atoms with Crippen LogP contribution in [0.15, 0.2) is 24.3 Å². The third kappa shape index (κ3) is 6.33. The van der Waals surface area contributed by atoms with Crippen molar-refractivity contribution in [2.75, 3.05) is 11.9 Å². The molecule has 0 radical (unpaired) electrons. The molecule has 1 N–H and O–H groups in total. The molecule has 136 valence electrons. The largest absolute Gasteiger partial charge is 0.484 e. The highest BCUT2D eigenvalue weighted by Gasteiger charge is 2.30. The van der Waals surface area contributed by atoms with Gasteiger partial charge in [-0.25, -0.2) is 0 Å². The fourth-order valence-corrected chi connectivity index (χ4v) is 2.80. The number of alkyl halides is 3. The van der Waals surface area contributed by atoms with Gasteiger partial charge in [-0.15, -0.1) is 10.2 Å². The lowest BCUT2D eigenvalue weighted by Gasteiger charge is -2.09. The fraction of sp³-hybridized carbons (Fsp3) is 0.438. The summed E-state index contributed by atoms with van der Waals surface area (Å²) in [4.78, 5) is 11.8. The zero-order chi connectivity index (χ0) is 18.3. The molecule has 0 aliphatic rings. The fourth-order valence-electron chi connectivity index (χ4n) is 2.00. The molecule has 0 spiro atoms. The number of benzene rings is 1. The zero-order valence-corrected chi connectivity index (χ0v) is 14.4. The minimum absolute atomic E-state index is 0.0255. The van der Waals surface area contributed by atoms with Crippen LogP contribution in [0.4, 0.5) is 18.3 Å². The van der Waals surface area contributed by atoms with Crippen LogP contribution in [0, 0.1) is 0 Å². The van der Waals surface area contributed by atoms with Crippen LogP contribution in [0.5, 0.6) is 5.75 Å². The zero-order valence-electron chi connectivity index (χ0n) is 13.6. The average molecular weight is 373 g/mol. The molecule has 0 aliphatic heterocycles. The van der Waals surface area contributed by atoms with Crippen molar-refractivity contribution in [2.24, 2.45) is 0 Å². The smallest absolute Gasteiger partial charge is 0.416 e. The summed E-state index contributed by atoms with van der Waals surface area (Å²) in [5.74, 6) is -0.531. The Hall–Kier alpha value is -2.16. The Balaban J connectivity index is 1.83. The van der Waals surface area contributed by atoms with Gasteiger partial charge in [-0.05, 0) is 24.6 Å². The highest BCUT2D eigenvalue weighted by molar-refractivity contribution is 7.15. The number of amides is 1. The molecule has 25 heavy (non-hydrogen) atoms. The maximum Gasteiger partial charge on any atom is 0.416 e. The summed E-state index contributed by atoms with van der Waals surface area (Å²) in [5.41, 5.74) is -0.828. The number of hydrogen-bond acceptors (Lipinski definition) is 5. The lowest BCUT2D eigenvalue weighted by atomic mass is 10.2. The van der Waals surface area contributed by atoms with Crippen molar-refractivity contribution in [1.82, 2.24) is 10.2 Å². The number of carbonyl (C=O) groups excluding carboxylic acids is 1. The molecule has 2 aromatic rings. The molecule has 0 saturated carbocycles. The van der Waals surface area contributed by atoms with Crippen molar-refractivity contribution in [3.05, 3.63) is 34.8 Å². The monoisotopic (exact) mass is 373 g/mol. The molecular weight excluding hydrogens is 355 g/mol. The number of halogens is 3. The van der Waals surface area contributed by atoms with Gasteiger partial charge in [-0.3, -0.25) is 10.1 Å². The van der Waals surface area contributed by atoms with E-state index < -0.39 is 24.3 Å². The molecule has 1 aromatic heterocycles. The van der Waals surface area contributed by atoms with Crippen molar-refractivity contribution in [1.29, 1.82) is 0 Å². The van der Waals surface area contributed by atoms with E-state index in [-0.39, 0.29) is 5.75 Å². The van der Waals surface area contributed by atoms with Gasteiger partial charge in [0.25, 0.3) is 5.91 Å². The maximum absolute atomic E-state index is 12.6. The third-order valence-electron chi connectivity index (χ3n) is 3.24. The Morgan fingerprint density at radius 3 is 2.80 bits per heavy atom. The Kier molecular flexibility index (Phi) is 6.74. The van der Waals surface area contributed by atoms with E-state index in [0.717, 1.165) is 42.8 Å². The summed E-state index contributed by atoms with van der Waals surface area (Å²) >= 11 is 1.28. The number of hydrogen-bond donors (Lipinski definition) is 1. The molecule has 0 aliphatic carbocycles. The first kappa shape index (κ1) is 19.2. The van der Waals surface area contributed by atoms with Gasteiger partial charge in [0, 0.05) is 6.42 Å². The van der Waals surface area contributed by atoms with Crippen molar-refractivity contribution in [2.45, 2.75) is 38.8 Å². The molecule has 5 nitrogen and oxygen atoms in total.